The first-order valence-electron chi connectivity index (χ1n) is 22.8. The van der Waals surface area contributed by atoms with Gasteiger partial charge in [0.25, 0.3) is 5.70 Å². The number of nitrogens with zero attached hydrogens (tertiary/aromatic N) is 1. The van der Waals surface area contributed by atoms with E-state index in [1.807, 2.05) is 68.4 Å². The molecule has 0 saturated heterocycles. The zero-order chi connectivity index (χ0) is 43.4. The first kappa shape index (κ1) is 49.7. The van der Waals surface area contributed by atoms with E-state index in [1.54, 1.807) is 19.2 Å². The second kappa shape index (κ2) is 28.8. The Kier molecular flexibility index (Phi) is 23.8. The molecule has 0 spiro atoms. The molecule has 0 aliphatic rings. The Bertz CT molecular complexity index is 1790. The number of methoxy groups -OCH3 is 1. The van der Waals surface area contributed by atoms with Crippen LogP contribution in [0.4, 0.5) is 0 Å². The van der Waals surface area contributed by atoms with E-state index in [1.165, 1.54) is 89.9 Å². The molecule has 0 N–H and O–H groups in total. The van der Waals surface area contributed by atoms with Gasteiger partial charge in [0.2, 0.25) is 0 Å². The maximum absolute atomic E-state index is 13.6. The van der Waals surface area contributed by atoms with Crippen LogP contribution in [0.25, 0.3) is 21.2 Å². The third-order valence-corrected chi connectivity index (χ3v) is 11.1. The summed E-state index contributed by atoms with van der Waals surface area (Å²) in [4.78, 5) is 42.6. The summed E-state index contributed by atoms with van der Waals surface area (Å²) in [5, 5.41) is 2.02. The molecule has 0 aromatic heterocycles. The molecule has 1 atom stereocenters. The summed E-state index contributed by atoms with van der Waals surface area (Å²) in [6.07, 6.45) is 21.7. The Labute approximate surface area is 361 Å². The van der Waals surface area contributed by atoms with E-state index < -0.39 is 11.4 Å². The third kappa shape index (κ3) is 19.2. The van der Waals surface area contributed by atoms with Gasteiger partial charge < -0.3 is 18.9 Å². The first-order valence-corrected chi connectivity index (χ1v) is 22.8. The van der Waals surface area contributed by atoms with Crippen LogP contribution in [-0.4, -0.2) is 44.8 Å². The van der Waals surface area contributed by atoms with Gasteiger partial charge >= 0.3 is 17.9 Å². The molecule has 328 valence electrons. The summed E-state index contributed by atoms with van der Waals surface area (Å²) in [5.41, 5.74) is 1.01. The summed E-state index contributed by atoms with van der Waals surface area (Å²) in [6, 6.07) is 21.0. The SMILES string of the molecule is [C-]#[N+]/C(C(=O)OCC(C)(C)COC(=O)CCCCC(=O)OCC(CCCCCCCC)CCCCCCCCCC)=C(/c1ccc(OC)cc1)c1ccc2ccccc2c1. The van der Waals surface area contributed by atoms with Crippen molar-refractivity contribution >= 4 is 34.3 Å². The first-order chi connectivity index (χ1) is 29.1. The van der Waals surface area contributed by atoms with Gasteiger partial charge in [-0.1, -0.05) is 166 Å². The molecule has 8 heteroatoms. The summed E-state index contributed by atoms with van der Waals surface area (Å²) in [6.45, 7) is 16.7. The van der Waals surface area contributed by atoms with Gasteiger partial charge in [-0.2, -0.15) is 0 Å². The minimum absolute atomic E-state index is 0.0348. The zero-order valence-electron chi connectivity index (χ0n) is 37.5. The number of hydrogen-bond donors (Lipinski definition) is 0. The van der Waals surface area contributed by atoms with Crippen molar-refractivity contribution in [3.63, 3.8) is 0 Å². The Morgan fingerprint density at radius 3 is 1.70 bits per heavy atom. The highest BCUT2D eigenvalue weighted by Crippen LogP contribution is 2.32. The van der Waals surface area contributed by atoms with Crippen molar-refractivity contribution in [1.82, 2.24) is 0 Å². The molecule has 0 bridgehead atoms. The molecule has 0 aliphatic carbocycles. The Morgan fingerprint density at radius 2 is 1.13 bits per heavy atom. The zero-order valence-corrected chi connectivity index (χ0v) is 37.5. The Balaban J connectivity index is 1.44. The fourth-order valence-electron chi connectivity index (χ4n) is 7.38. The van der Waals surface area contributed by atoms with Crippen LogP contribution in [0.3, 0.4) is 0 Å². The van der Waals surface area contributed by atoms with Crippen LogP contribution in [0.5, 0.6) is 5.75 Å². The van der Waals surface area contributed by atoms with Gasteiger partial charge in [-0.25, -0.2) is 4.85 Å². The number of carbonyl (C=O) groups excluding carboxylic acids is 3. The van der Waals surface area contributed by atoms with E-state index in [0.717, 1.165) is 23.6 Å². The molecule has 3 aromatic carbocycles. The van der Waals surface area contributed by atoms with Crippen molar-refractivity contribution in [3.8, 4) is 5.75 Å². The molecule has 0 radical (unpaired) electrons. The summed E-state index contributed by atoms with van der Waals surface area (Å²) in [7, 11) is 1.58. The highest BCUT2D eigenvalue weighted by Gasteiger charge is 2.27. The molecular formula is C52H73NO7. The second-order valence-electron chi connectivity index (χ2n) is 17.1. The topological polar surface area (TPSA) is 92.5 Å². The molecule has 0 saturated carbocycles. The van der Waals surface area contributed by atoms with Crippen molar-refractivity contribution in [3.05, 3.63) is 95.0 Å². The number of unbranched alkanes of at least 4 members (excludes halogenated alkanes) is 13. The predicted octanol–water partition coefficient (Wildman–Crippen LogP) is 13.6. The molecule has 0 heterocycles. The van der Waals surface area contributed by atoms with Crippen molar-refractivity contribution in [2.45, 2.75) is 156 Å². The monoisotopic (exact) mass is 824 g/mol. The summed E-state index contributed by atoms with van der Waals surface area (Å²) in [5.74, 6) is -0.242. The smallest absolute Gasteiger partial charge is 0.336 e. The Hall–Kier alpha value is -4.64. The highest BCUT2D eigenvalue weighted by molar-refractivity contribution is 6.04. The van der Waals surface area contributed by atoms with E-state index in [0.29, 0.717) is 47.8 Å². The summed E-state index contributed by atoms with van der Waals surface area (Å²) >= 11 is 0. The van der Waals surface area contributed by atoms with E-state index in [2.05, 4.69) is 18.7 Å². The van der Waals surface area contributed by atoms with Crippen LogP contribution in [-0.2, 0) is 28.6 Å². The van der Waals surface area contributed by atoms with Gasteiger partial charge in [0.1, 0.15) is 5.75 Å². The lowest BCUT2D eigenvalue weighted by atomic mass is 9.93. The van der Waals surface area contributed by atoms with Crippen molar-refractivity contribution < 1.29 is 33.3 Å². The molecule has 60 heavy (non-hydrogen) atoms. The molecule has 1 unspecified atom stereocenters. The van der Waals surface area contributed by atoms with Crippen LogP contribution >= 0.6 is 0 Å². The van der Waals surface area contributed by atoms with Gasteiger partial charge in [0.05, 0.1) is 33.5 Å². The lowest BCUT2D eigenvalue weighted by molar-refractivity contribution is -0.151. The largest absolute Gasteiger partial charge is 0.497 e. The average molecular weight is 824 g/mol. The normalized spacial score (nSPS) is 12.3. The van der Waals surface area contributed by atoms with Crippen molar-refractivity contribution in [2.75, 3.05) is 26.9 Å². The van der Waals surface area contributed by atoms with Crippen LogP contribution in [0, 0.1) is 17.9 Å². The highest BCUT2D eigenvalue weighted by atomic mass is 16.5. The standard InChI is InChI=1S/C52H73NO7/c1-7-9-11-13-15-16-18-20-26-41(25-19-17-14-12-10-8-2)38-58-47(54)29-23-24-30-48(55)59-39-52(3,4)40-60-51(56)50(53-5)49(43-33-35-46(57-6)36-34-43)45-32-31-42-27-21-22-28-44(42)37-45/h21-22,27-28,31-37,41H,7-20,23-26,29-30,38-40H2,1-4,6H3/b50-49-. The predicted molar refractivity (Wildman–Crippen MR) is 243 cm³/mol. The quantitative estimate of drug-likeness (QED) is 0.0210. The van der Waals surface area contributed by atoms with Crippen molar-refractivity contribution in [2.24, 2.45) is 11.3 Å². The number of fused-ring (bicyclic) bond motifs is 1. The summed E-state index contributed by atoms with van der Waals surface area (Å²) < 4.78 is 22.4. The van der Waals surface area contributed by atoms with Crippen molar-refractivity contribution in [1.29, 1.82) is 0 Å². The average Bonchev–Trinajstić information content (AvgIpc) is 3.26. The molecular weight excluding hydrogens is 751 g/mol. The minimum Gasteiger partial charge on any atom is -0.497 e. The van der Waals surface area contributed by atoms with E-state index in [-0.39, 0.29) is 43.7 Å². The van der Waals surface area contributed by atoms with E-state index in [4.69, 9.17) is 25.5 Å². The molecule has 3 aromatic rings. The number of ether oxygens (including phenoxy) is 4. The molecule has 0 aliphatic heterocycles. The molecule has 3 rings (SSSR count). The second-order valence-corrected chi connectivity index (χ2v) is 17.1. The number of hydrogen-bond acceptors (Lipinski definition) is 7. The van der Waals surface area contributed by atoms with Gasteiger partial charge in [0.15, 0.2) is 0 Å². The molecule has 0 fully saturated rings. The number of rotatable bonds is 31. The lowest BCUT2D eigenvalue weighted by Crippen LogP contribution is -2.29. The maximum Gasteiger partial charge on any atom is 0.336 e. The minimum atomic E-state index is -0.753. The van der Waals surface area contributed by atoms with Gasteiger partial charge in [-0.3, -0.25) is 14.4 Å². The molecule has 0 amide bonds. The number of carbonyl (C=O) groups is 3. The van der Waals surface area contributed by atoms with E-state index >= 15 is 0 Å². The third-order valence-electron chi connectivity index (χ3n) is 11.1. The fraction of sp³-hybridized carbons (Fsp3) is 0.577. The molecule has 8 nitrogen and oxygen atoms in total. The van der Waals surface area contributed by atoms with Crippen LogP contribution in [0.15, 0.2) is 72.4 Å². The fourth-order valence-corrected chi connectivity index (χ4v) is 7.38. The number of esters is 3. The van der Waals surface area contributed by atoms with Gasteiger partial charge in [0, 0.05) is 23.8 Å². The van der Waals surface area contributed by atoms with E-state index in [9.17, 15) is 14.4 Å². The van der Waals surface area contributed by atoms with Gasteiger partial charge in [-0.05, 0) is 71.7 Å². The maximum atomic E-state index is 13.6. The van der Waals surface area contributed by atoms with Crippen LogP contribution in [0.2, 0.25) is 0 Å². The van der Waals surface area contributed by atoms with Gasteiger partial charge in [-0.15, -0.1) is 0 Å². The van der Waals surface area contributed by atoms with Crippen LogP contribution in [0.1, 0.15) is 167 Å². The Morgan fingerprint density at radius 1 is 0.617 bits per heavy atom. The van der Waals surface area contributed by atoms with Crippen LogP contribution < -0.4 is 4.74 Å². The lowest BCUT2D eigenvalue weighted by Gasteiger charge is -2.24. The number of benzene rings is 3.